The lowest BCUT2D eigenvalue weighted by Crippen LogP contribution is -2.12. The highest BCUT2D eigenvalue weighted by atomic mass is 19.4. The van der Waals surface area contributed by atoms with Crippen LogP contribution in [0.15, 0.2) is 6.20 Å². The Labute approximate surface area is 119 Å². The Bertz CT molecular complexity index is 580. The molecule has 0 unspecified atom stereocenters. The van der Waals surface area contributed by atoms with Crippen LogP contribution < -0.4 is 10.6 Å². The zero-order valence-electron chi connectivity index (χ0n) is 11.6. The number of anilines is 2. The molecule has 116 valence electrons. The number of aromatic amines is 1. The van der Waals surface area contributed by atoms with E-state index in [1.165, 1.54) is 0 Å². The SMILES string of the molecule is CCCNc1nc(NCCCC(F)(F)F)c2cn[nH]c2n1. The van der Waals surface area contributed by atoms with Gasteiger partial charge in [0.15, 0.2) is 5.65 Å². The minimum absolute atomic E-state index is 0.00936. The third-order valence-corrected chi connectivity index (χ3v) is 2.77. The average molecular weight is 302 g/mol. The molecule has 21 heavy (non-hydrogen) atoms. The molecule has 0 atom stereocenters. The van der Waals surface area contributed by atoms with E-state index in [4.69, 9.17) is 0 Å². The van der Waals surface area contributed by atoms with Crippen LogP contribution in [0.2, 0.25) is 0 Å². The summed E-state index contributed by atoms with van der Waals surface area (Å²) in [7, 11) is 0. The van der Waals surface area contributed by atoms with Gasteiger partial charge in [0.05, 0.1) is 11.6 Å². The highest BCUT2D eigenvalue weighted by Crippen LogP contribution is 2.23. The molecule has 0 saturated carbocycles. The molecule has 0 aliphatic carbocycles. The summed E-state index contributed by atoms with van der Waals surface area (Å²) >= 11 is 0. The Morgan fingerprint density at radius 3 is 2.71 bits per heavy atom. The van der Waals surface area contributed by atoms with Gasteiger partial charge < -0.3 is 10.6 Å². The topological polar surface area (TPSA) is 78.5 Å². The van der Waals surface area contributed by atoms with Gasteiger partial charge in [-0.05, 0) is 12.8 Å². The first-order valence-corrected chi connectivity index (χ1v) is 6.75. The summed E-state index contributed by atoms with van der Waals surface area (Å²) in [6.07, 6.45) is -2.50. The summed E-state index contributed by atoms with van der Waals surface area (Å²) < 4.78 is 36.3. The van der Waals surface area contributed by atoms with Crippen LogP contribution in [0.25, 0.3) is 11.0 Å². The molecule has 0 radical (unpaired) electrons. The fraction of sp³-hybridized carbons (Fsp3) is 0.583. The predicted octanol–water partition coefficient (Wildman–Crippen LogP) is 2.93. The number of aromatic nitrogens is 4. The fourth-order valence-electron chi connectivity index (χ4n) is 1.78. The number of hydrogen-bond acceptors (Lipinski definition) is 5. The van der Waals surface area contributed by atoms with Crippen molar-refractivity contribution in [1.82, 2.24) is 20.2 Å². The highest BCUT2D eigenvalue weighted by Gasteiger charge is 2.25. The van der Waals surface area contributed by atoms with Crippen molar-refractivity contribution in [2.45, 2.75) is 32.4 Å². The average Bonchev–Trinajstić information content (AvgIpc) is 2.88. The third kappa shape index (κ3) is 4.47. The number of fused-ring (bicyclic) bond motifs is 1. The summed E-state index contributed by atoms with van der Waals surface area (Å²) in [6, 6.07) is 0. The quantitative estimate of drug-likeness (QED) is 0.685. The van der Waals surface area contributed by atoms with Crippen molar-refractivity contribution >= 4 is 22.8 Å². The van der Waals surface area contributed by atoms with Crippen LogP contribution in [0.1, 0.15) is 26.2 Å². The van der Waals surface area contributed by atoms with Crippen LogP contribution >= 0.6 is 0 Å². The fourth-order valence-corrected chi connectivity index (χ4v) is 1.78. The molecule has 9 heteroatoms. The second kappa shape index (κ2) is 6.59. The first kappa shape index (κ1) is 15.3. The van der Waals surface area contributed by atoms with E-state index in [1.54, 1.807) is 6.20 Å². The van der Waals surface area contributed by atoms with E-state index in [0.717, 1.165) is 6.42 Å². The molecule has 0 aromatic carbocycles. The van der Waals surface area contributed by atoms with Crippen molar-refractivity contribution in [3.63, 3.8) is 0 Å². The molecule has 0 aliphatic heterocycles. The molecule has 0 saturated heterocycles. The molecule has 2 aromatic heterocycles. The van der Waals surface area contributed by atoms with E-state index in [-0.39, 0.29) is 13.0 Å². The van der Waals surface area contributed by atoms with E-state index < -0.39 is 12.6 Å². The Morgan fingerprint density at radius 2 is 2.00 bits per heavy atom. The number of hydrogen-bond donors (Lipinski definition) is 3. The maximum Gasteiger partial charge on any atom is 0.389 e. The van der Waals surface area contributed by atoms with Gasteiger partial charge in [-0.1, -0.05) is 6.92 Å². The lowest BCUT2D eigenvalue weighted by molar-refractivity contribution is -0.134. The first-order chi connectivity index (χ1) is 9.99. The normalized spacial score (nSPS) is 11.8. The van der Waals surface area contributed by atoms with Gasteiger partial charge >= 0.3 is 6.18 Å². The summed E-state index contributed by atoms with van der Waals surface area (Å²) in [4.78, 5) is 8.51. The summed E-state index contributed by atoms with van der Waals surface area (Å²) in [5.41, 5.74) is 0.543. The molecule has 6 nitrogen and oxygen atoms in total. The van der Waals surface area contributed by atoms with Crippen molar-refractivity contribution in [2.24, 2.45) is 0 Å². The highest BCUT2D eigenvalue weighted by molar-refractivity contribution is 5.86. The largest absolute Gasteiger partial charge is 0.389 e. The van der Waals surface area contributed by atoms with Crippen molar-refractivity contribution in [2.75, 3.05) is 23.7 Å². The van der Waals surface area contributed by atoms with E-state index in [2.05, 4.69) is 30.8 Å². The molecule has 2 aromatic rings. The second-order valence-corrected chi connectivity index (χ2v) is 4.60. The van der Waals surface area contributed by atoms with Gasteiger partial charge in [0, 0.05) is 19.5 Å². The van der Waals surface area contributed by atoms with Gasteiger partial charge in [-0.25, -0.2) is 0 Å². The van der Waals surface area contributed by atoms with E-state index >= 15 is 0 Å². The van der Waals surface area contributed by atoms with Crippen LogP contribution in [0, 0.1) is 0 Å². The third-order valence-electron chi connectivity index (χ3n) is 2.77. The van der Waals surface area contributed by atoms with Crippen molar-refractivity contribution in [3.8, 4) is 0 Å². The number of halogens is 3. The molecule has 0 aliphatic rings. The molecule has 3 N–H and O–H groups in total. The Morgan fingerprint density at radius 1 is 1.19 bits per heavy atom. The predicted molar refractivity (Wildman–Crippen MR) is 74.2 cm³/mol. The second-order valence-electron chi connectivity index (χ2n) is 4.60. The van der Waals surface area contributed by atoms with Gasteiger partial charge in [-0.2, -0.15) is 28.2 Å². The Hall–Kier alpha value is -2.06. The van der Waals surface area contributed by atoms with Crippen molar-refractivity contribution < 1.29 is 13.2 Å². The standard InChI is InChI=1S/C12H17F3N6/c1-2-5-17-11-19-9(8-7-18-21-10(8)20-11)16-6-3-4-12(13,14)15/h7H,2-6H2,1H3,(H3,16,17,18,19,20,21). The zero-order chi connectivity index (χ0) is 15.3. The molecule has 0 amide bonds. The van der Waals surface area contributed by atoms with Crippen LogP contribution in [0.3, 0.4) is 0 Å². The van der Waals surface area contributed by atoms with E-state index in [1.807, 2.05) is 6.92 Å². The summed E-state index contributed by atoms with van der Waals surface area (Å²) in [6.45, 7) is 2.91. The van der Waals surface area contributed by atoms with Gasteiger partial charge in [-0.15, -0.1) is 0 Å². The number of rotatable bonds is 7. The summed E-state index contributed by atoms with van der Waals surface area (Å²) in [5.74, 6) is 0.904. The molecule has 0 bridgehead atoms. The Balaban J connectivity index is 2.04. The van der Waals surface area contributed by atoms with Crippen LogP contribution in [-0.2, 0) is 0 Å². The molecular weight excluding hydrogens is 285 g/mol. The molecule has 2 heterocycles. The summed E-state index contributed by atoms with van der Waals surface area (Å²) in [5, 5.41) is 13.2. The number of alkyl halides is 3. The molecular formula is C12H17F3N6. The van der Waals surface area contributed by atoms with Crippen molar-refractivity contribution in [3.05, 3.63) is 6.20 Å². The lowest BCUT2D eigenvalue weighted by atomic mass is 10.3. The van der Waals surface area contributed by atoms with Crippen LogP contribution in [-0.4, -0.2) is 39.4 Å². The molecule has 0 spiro atoms. The van der Waals surface area contributed by atoms with Crippen LogP contribution in [0.4, 0.5) is 24.9 Å². The monoisotopic (exact) mass is 302 g/mol. The van der Waals surface area contributed by atoms with Gasteiger partial charge in [0.1, 0.15) is 5.82 Å². The minimum Gasteiger partial charge on any atom is -0.369 e. The Kier molecular flexibility index (Phi) is 4.81. The van der Waals surface area contributed by atoms with Crippen molar-refractivity contribution in [1.29, 1.82) is 0 Å². The molecule has 0 fully saturated rings. The van der Waals surface area contributed by atoms with Gasteiger partial charge in [0.25, 0.3) is 0 Å². The molecule has 2 rings (SSSR count). The number of nitrogens with one attached hydrogen (secondary N) is 3. The smallest absolute Gasteiger partial charge is 0.369 e. The van der Waals surface area contributed by atoms with Gasteiger partial charge in [-0.3, -0.25) is 5.10 Å². The van der Waals surface area contributed by atoms with E-state index in [0.29, 0.717) is 29.3 Å². The minimum atomic E-state index is -4.13. The first-order valence-electron chi connectivity index (χ1n) is 6.75. The van der Waals surface area contributed by atoms with Gasteiger partial charge in [0.2, 0.25) is 5.95 Å². The lowest BCUT2D eigenvalue weighted by Gasteiger charge is -2.10. The maximum absolute atomic E-state index is 12.1. The number of H-pyrrole nitrogens is 1. The zero-order valence-corrected chi connectivity index (χ0v) is 11.6. The number of nitrogens with zero attached hydrogens (tertiary/aromatic N) is 3. The van der Waals surface area contributed by atoms with Crippen LogP contribution in [0.5, 0.6) is 0 Å². The maximum atomic E-state index is 12.1. The van der Waals surface area contributed by atoms with E-state index in [9.17, 15) is 13.2 Å².